The fourth-order valence-corrected chi connectivity index (χ4v) is 2.61. The Labute approximate surface area is 132 Å². The van der Waals surface area contributed by atoms with E-state index in [4.69, 9.17) is 5.11 Å². The van der Waals surface area contributed by atoms with Gasteiger partial charge in [-0.25, -0.2) is 4.79 Å². The van der Waals surface area contributed by atoms with E-state index in [2.05, 4.69) is 10.1 Å². The minimum Gasteiger partial charge on any atom is -0.406 e. The van der Waals surface area contributed by atoms with Gasteiger partial charge in [-0.15, -0.1) is 13.2 Å². The second kappa shape index (κ2) is 7.54. The average Bonchev–Trinajstić information content (AvgIpc) is 2.48. The molecule has 8 heteroatoms. The van der Waals surface area contributed by atoms with E-state index in [1.165, 1.54) is 12.1 Å². The Morgan fingerprint density at radius 3 is 2.65 bits per heavy atom. The number of anilines is 1. The monoisotopic (exact) mass is 332 g/mol. The lowest BCUT2D eigenvalue weighted by molar-refractivity contribution is -0.274. The normalized spacial score (nSPS) is 18.6. The number of benzene rings is 1. The van der Waals surface area contributed by atoms with Gasteiger partial charge >= 0.3 is 12.4 Å². The van der Waals surface area contributed by atoms with Crippen LogP contribution < -0.4 is 10.1 Å². The fraction of sp³-hybridized carbons (Fsp3) is 0.533. The lowest BCUT2D eigenvalue weighted by Gasteiger charge is -2.32. The summed E-state index contributed by atoms with van der Waals surface area (Å²) < 4.78 is 40.0. The molecule has 0 spiro atoms. The molecule has 2 rings (SSSR count). The molecule has 0 radical (unpaired) electrons. The van der Waals surface area contributed by atoms with Crippen molar-refractivity contribution in [2.75, 3.05) is 25.0 Å². The van der Waals surface area contributed by atoms with Crippen molar-refractivity contribution in [3.63, 3.8) is 0 Å². The van der Waals surface area contributed by atoms with Crippen molar-refractivity contribution < 1.29 is 27.8 Å². The standard InChI is InChI=1S/C15H19F3N2O3/c16-15(17,18)23-13-5-3-12(4-6-13)19-14(22)20-8-1-2-11(10-20)7-9-21/h3-6,11,21H,1-2,7-10H2,(H,19,22)/t11-/m0/s1. The van der Waals surface area contributed by atoms with Crippen LogP contribution in [0.25, 0.3) is 0 Å². The van der Waals surface area contributed by atoms with Crippen molar-refractivity contribution >= 4 is 11.7 Å². The van der Waals surface area contributed by atoms with E-state index in [1.54, 1.807) is 4.90 Å². The molecule has 1 aromatic carbocycles. The zero-order chi connectivity index (χ0) is 16.9. The SMILES string of the molecule is O=C(Nc1ccc(OC(F)(F)F)cc1)N1CCC[C@@H](CCO)C1. The number of aliphatic hydroxyl groups excluding tert-OH is 1. The summed E-state index contributed by atoms with van der Waals surface area (Å²) >= 11 is 0. The quantitative estimate of drug-likeness (QED) is 0.890. The highest BCUT2D eigenvalue weighted by Gasteiger charge is 2.31. The Morgan fingerprint density at radius 2 is 2.04 bits per heavy atom. The predicted octanol–water partition coefficient (Wildman–Crippen LogP) is 3.21. The number of halogens is 3. The first-order chi connectivity index (χ1) is 10.9. The highest BCUT2D eigenvalue weighted by molar-refractivity contribution is 5.89. The molecule has 1 heterocycles. The summed E-state index contributed by atoms with van der Waals surface area (Å²) in [5, 5.41) is 11.6. The third-order valence-electron chi connectivity index (χ3n) is 3.68. The highest BCUT2D eigenvalue weighted by atomic mass is 19.4. The van der Waals surface area contributed by atoms with Crippen molar-refractivity contribution in [1.82, 2.24) is 4.90 Å². The molecule has 2 amide bonds. The number of carbonyl (C=O) groups is 1. The van der Waals surface area contributed by atoms with Gasteiger partial charge in [0, 0.05) is 25.4 Å². The molecule has 2 N–H and O–H groups in total. The highest BCUT2D eigenvalue weighted by Crippen LogP contribution is 2.24. The lowest BCUT2D eigenvalue weighted by Crippen LogP contribution is -2.42. The van der Waals surface area contributed by atoms with Gasteiger partial charge in [0.25, 0.3) is 0 Å². The number of carbonyl (C=O) groups excluding carboxylic acids is 1. The van der Waals surface area contributed by atoms with Crippen LogP contribution in [0.3, 0.4) is 0 Å². The predicted molar refractivity (Wildman–Crippen MR) is 78.1 cm³/mol. The molecular weight excluding hydrogens is 313 g/mol. The second-order valence-corrected chi connectivity index (χ2v) is 5.47. The molecule has 5 nitrogen and oxygen atoms in total. The molecule has 0 saturated carbocycles. The summed E-state index contributed by atoms with van der Waals surface area (Å²) in [5.74, 6) is -0.0569. The number of aliphatic hydroxyl groups is 1. The minimum atomic E-state index is -4.74. The first-order valence-corrected chi connectivity index (χ1v) is 7.40. The van der Waals surface area contributed by atoms with E-state index in [0.29, 0.717) is 25.2 Å². The van der Waals surface area contributed by atoms with Gasteiger partial charge in [0.2, 0.25) is 0 Å². The fourth-order valence-electron chi connectivity index (χ4n) is 2.61. The molecular formula is C15H19F3N2O3. The zero-order valence-electron chi connectivity index (χ0n) is 12.5. The number of hydrogen-bond acceptors (Lipinski definition) is 3. The van der Waals surface area contributed by atoms with E-state index in [9.17, 15) is 18.0 Å². The molecule has 1 fully saturated rings. The third-order valence-corrected chi connectivity index (χ3v) is 3.68. The molecule has 1 aromatic rings. The van der Waals surface area contributed by atoms with Crippen LogP contribution >= 0.6 is 0 Å². The summed E-state index contributed by atoms with van der Waals surface area (Å²) in [7, 11) is 0. The maximum atomic E-state index is 12.2. The van der Waals surface area contributed by atoms with Gasteiger partial charge in [0.15, 0.2) is 0 Å². The Bertz CT molecular complexity index is 518. The number of nitrogens with zero attached hydrogens (tertiary/aromatic N) is 1. The van der Waals surface area contributed by atoms with Gasteiger partial charge in [0.1, 0.15) is 5.75 Å². The summed E-state index contributed by atoms with van der Waals surface area (Å²) in [4.78, 5) is 13.8. The Morgan fingerprint density at radius 1 is 1.35 bits per heavy atom. The molecule has 1 atom stereocenters. The summed E-state index contributed by atoms with van der Waals surface area (Å²) in [6.45, 7) is 1.30. The zero-order valence-corrected chi connectivity index (χ0v) is 12.5. The summed E-state index contributed by atoms with van der Waals surface area (Å²) in [5.41, 5.74) is 0.397. The van der Waals surface area contributed by atoms with Gasteiger partial charge in [-0.3, -0.25) is 0 Å². The number of alkyl halides is 3. The molecule has 1 aliphatic rings. The average molecular weight is 332 g/mol. The van der Waals surface area contributed by atoms with Crippen molar-refractivity contribution in [3.05, 3.63) is 24.3 Å². The van der Waals surface area contributed by atoms with Crippen LogP contribution in [0, 0.1) is 5.92 Å². The van der Waals surface area contributed by atoms with Gasteiger partial charge in [-0.1, -0.05) is 0 Å². The van der Waals surface area contributed by atoms with Crippen LogP contribution in [0.1, 0.15) is 19.3 Å². The Kier molecular flexibility index (Phi) is 5.70. The number of amides is 2. The van der Waals surface area contributed by atoms with Gasteiger partial charge in [-0.05, 0) is 49.4 Å². The van der Waals surface area contributed by atoms with E-state index < -0.39 is 6.36 Å². The molecule has 128 valence electrons. The number of rotatable bonds is 4. The Hall–Kier alpha value is -1.96. The molecule has 0 aliphatic carbocycles. The molecule has 1 saturated heterocycles. The van der Waals surface area contributed by atoms with Crippen molar-refractivity contribution in [2.24, 2.45) is 5.92 Å². The molecule has 0 bridgehead atoms. The largest absolute Gasteiger partial charge is 0.573 e. The molecule has 0 aromatic heterocycles. The second-order valence-electron chi connectivity index (χ2n) is 5.47. The topological polar surface area (TPSA) is 61.8 Å². The van der Waals surface area contributed by atoms with Crippen molar-refractivity contribution in [3.8, 4) is 5.75 Å². The molecule has 0 unspecified atom stereocenters. The molecule has 23 heavy (non-hydrogen) atoms. The first-order valence-electron chi connectivity index (χ1n) is 7.40. The van der Waals surface area contributed by atoms with Crippen molar-refractivity contribution in [1.29, 1.82) is 0 Å². The summed E-state index contributed by atoms with van der Waals surface area (Å²) in [6, 6.07) is 4.71. The van der Waals surface area contributed by atoms with Crippen LogP contribution in [0.5, 0.6) is 5.75 Å². The van der Waals surface area contributed by atoms with Crippen LogP contribution in [0.15, 0.2) is 24.3 Å². The third kappa shape index (κ3) is 5.63. The number of ether oxygens (including phenoxy) is 1. The number of piperidine rings is 1. The maximum absolute atomic E-state index is 12.2. The smallest absolute Gasteiger partial charge is 0.406 e. The van der Waals surface area contributed by atoms with E-state index in [0.717, 1.165) is 25.0 Å². The number of hydrogen-bond donors (Lipinski definition) is 2. The number of urea groups is 1. The Balaban J connectivity index is 1.89. The van der Waals surface area contributed by atoms with Gasteiger partial charge < -0.3 is 20.1 Å². The van der Waals surface area contributed by atoms with E-state index in [1.807, 2.05) is 0 Å². The van der Waals surface area contributed by atoms with Gasteiger partial charge in [0.05, 0.1) is 0 Å². The van der Waals surface area contributed by atoms with Crippen LogP contribution in [0.4, 0.5) is 23.7 Å². The summed E-state index contributed by atoms with van der Waals surface area (Å²) in [6.07, 6.45) is -2.22. The lowest BCUT2D eigenvalue weighted by atomic mass is 9.95. The minimum absolute atomic E-state index is 0.0980. The first kappa shape index (κ1) is 17.4. The van der Waals surface area contributed by atoms with E-state index >= 15 is 0 Å². The maximum Gasteiger partial charge on any atom is 0.573 e. The number of nitrogens with one attached hydrogen (secondary N) is 1. The van der Waals surface area contributed by atoms with Crippen molar-refractivity contribution in [2.45, 2.75) is 25.6 Å². The van der Waals surface area contributed by atoms with Gasteiger partial charge in [-0.2, -0.15) is 0 Å². The van der Waals surface area contributed by atoms with E-state index in [-0.39, 0.29) is 24.3 Å². The van der Waals surface area contributed by atoms with Crippen LogP contribution in [0.2, 0.25) is 0 Å². The van der Waals surface area contributed by atoms with Crippen LogP contribution in [-0.2, 0) is 0 Å². The molecule has 1 aliphatic heterocycles. The number of likely N-dealkylation sites (tertiary alicyclic amines) is 1. The van der Waals surface area contributed by atoms with Crippen LogP contribution in [-0.4, -0.2) is 42.1 Å².